The molecule has 0 fully saturated rings. The van der Waals surface area contributed by atoms with Crippen LogP contribution in [0.15, 0.2) is 24.5 Å². The van der Waals surface area contributed by atoms with Gasteiger partial charge in [0, 0.05) is 10.9 Å². The fourth-order valence-electron chi connectivity index (χ4n) is 1.66. The van der Waals surface area contributed by atoms with Crippen LogP contribution in [-0.2, 0) is 4.79 Å². The molecule has 6 nitrogen and oxygen atoms in total. The monoisotopic (exact) mass is 344 g/mol. The zero-order valence-corrected chi connectivity index (χ0v) is 16.6. The number of nitrogens with zero attached hydrogens (tertiary/aromatic N) is 2. The van der Waals surface area contributed by atoms with Crippen LogP contribution in [-0.4, -0.2) is 35.6 Å². The number of anilines is 1. The maximum absolute atomic E-state index is 10.3. The van der Waals surface area contributed by atoms with E-state index >= 15 is 0 Å². The molecule has 0 aliphatic rings. The van der Waals surface area contributed by atoms with Crippen molar-refractivity contribution in [2.75, 3.05) is 18.4 Å². The van der Waals surface area contributed by atoms with E-state index < -0.39 is 0 Å². The second-order valence-corrected chi connectivity index (χ2v) is 4.36. The van der Waals surface area contributed by atoms with Gasteiger partial charge in [0.25, 0.3) is 0 Å². The summed E-state index contributed by atoms with van der Waals surface area (Å²) in [5, 5.41) is 6.76. The van der Waals surface area contributed by atoms with E-state index in [-0.39, 0.29) is 58.6 Å². The molecule has 8 heteroatoms. The summed E-state index contributed by atoms with van der Waals surface area (Å²) in [6, 6.07) is 5.27. The van der Waals surface area contributed by atoms with E-state index in [1.165, 1.54) is 12.8 Å². The summed E-state index contributed by atoms with van der Waals surface area (Å²) < 4.78 is 4.74. The third kappa shape index (κ3) is 10.9. The van der Waals surface area contributed by atoms with E-state index in [4.69, 9.17) is 4.74 Å². The molecule has 1 atom stereocenters. The van der Waals surface area contributed by atoms with Gasteiger partial charge in [0.05, 0.1) is 0 Å². The Balaban J connectivity index is -0.000000241. The van der Waals surface area contributed by atoms with E-state index in [0.717, 1.165) is 18.5 Å². The first-order valence-corrected chi connectivity index (χ1v) is 6.80. The molecule has 2 aromatic rings. The standard InChI is InChI=1S/C12H11N3O2.C4H9N.2CH3.2Li/c1-8(2)15-12-9-4-3-5-10(17-7-16)11(9)13-6-14-12;1-3-5-4-2;;;;/h3-6,8H,1H2,2H3,(H,13,14,15);5H,1-4H2;2*1H3;;/q2*-2;2*-1;2*+1/t8-;;;;;/m1...../s1. The topological polar surface area (TPSA) is 76.1 Å². The molecule has 0 saturated carbocycles. The second-order valence-electron chi connectivity index (χ2n) is 4.36. The molecule has 0 aliphatic carbocycles. The molecular weight excluding hydrogens is 318 g/mol. The van der Waals surface area contributed by atoms with Crippen molar-refractivity contribution in [2.24, 2.45) is 0 Å². The Bertz CT molecular complexity index is 596. The van der Waals surface area contributed by atoms with Gasteiger partial charge in [-0.2, -0.15) is 0 Å². The SMILES string of the molecule is [CH2-]CNC[CH2-].[CH2-][C@H](C)Nc1ncnc2c(O[C-]=O)cccc12.[CH3-].[CH3-].[Li+].[Li+]. The number of fused-ring (bicyclic) bond motifs is 1. The molecule has 26 heavy (non-hydrogen) atoms. The van der Waals surface area contributed by atoms with Crippen LogP contribution in [0.4, 0.5) is 5.82 Å². The zero-order chi connectivity index (χ0) is 16.4. The number of benzene rings is 1. The number of aromatic nitrogens is 2. The van der Waals surface area contributed by atoms with Gasteiger partial charge in [-0.3, -0.25) is 4.98 Å². The Morgan fingerprint density at radius 3 is 2.27 bits per heavy atom. The summed E-state index contributed by atoms with van der Waals surface area (Å²) in [5.74, 6) is 1.02. The second kappa shape index (κ2) is 18.8. The molecule has 0 bridgehead atoms. The molecule has 0 aliphatic heterocycles. The maximum atomic E-state index is 10.3. The van der Waals surface area contributed by atoms with Crippen molar-refractivity contribution in [1.82, 2.24) is 15.3 Å². The van der Waals surface area contributed by atoms with Gasteiger partial charge in [-0.15, -0.1) is 25.2 Å². The van der Waals surface area contributed by atoms with Crippen molar-refractivity contribution in [1.29, 1.82) is 0 Å². The minimum Gasteiger partial charge on any atom is -0.608 e. The van der Waals surface area contributed by atoms with Crippen LogP contribution in [0.5, 0.6) is 5.75 Å². The summed E-state index contributed by atoms with van der Waals surface area (Å²) in [4.78, 5) is 18.5. The normalized spacial score (nSPS) is 9.54. The number of carbonyl (C=O) groups excluding carboxylic acids is 1. The molecule has 136 valence electrons. The third-order valence-corrected chi connectivity index (χ3v) is 2.52. The molecule has 0 radical (unpaired) electrons. The average molecular weight is 344 g/mol. The van der Waals surface area contributed by atoms with Crippen molar-refractivity contribution in [3.8, 4) is 5.75 Å². The van der Waals surface area contributed by atoms with Crippen LogP contribution in [0.2, 0.25) is 0 Å². The van der Waals surface area contributed by atoms with Gasteiger partial charge in [-0.1, -0.05) is 19.1 Å². The molecule has 0 spiro atoms. The summed E-state index contributed by atoms with van der Waals surface area (Å²) in [5.41, 5.74) is 0.564. The number of rotatable bonds is 6. The van der Waals surface area contributed by atoms with E-state index in [2.05, 4.69) is 41.4 Å². The first-order valence-electron chi connectivity index (χ1n) is 6.80. The third-order valence-electron chi connectivity index (χ3n) is 2.52. The number of hydrogen-bond donors (Lipinski definition) is 2. The smallest absolute Gasteiger partial charge is 0.608 e. The molecule has 0 unspecified atom stereocenters. The van der Waals surface area contributed by atoms with Gasteiger partial charge < -0.3 is 55.8 Å². The largest absolute Gasteiger partial charge is 1.00 e. The van der Waals surface area contributed by atoms with E-state index in [1.807, 2.05) is 13.0 Å². The fraction of sp³-hybridized carbons (Fsp3) is 0.222. The van der Waals surface area contributed by atoms with Gasteiger partial charge in [-0.05, 0) is 5.75 Å². The first kappa shape index (κ1) is 32.6. The maximum Gasteiger partial charge on any atom is 1.00 e. The van der Waals surface area contributed by atoms with Crippen LogP contribution >= 0.6 is 0 Å². The van der Waals surface area contributed by atoms with Gasteiger partial charge in [0.15, 0.2) is 6.47 Å². The van der Waals surface area contributed by atoms with Gasteiger partial charge in [0.2, 0.25) is 0 Å². The Morgan fingerprint density at radius 2 is 1.81 bits per heavy atom. The molecule has 2 rings (SSSR count). The summed E-state index contributed by atoms with van der Waals surface area (Å²) in [6.45, 7) is 15.7. The van der Waals surface area contributed by atoms with E-state index in [1.54, 1.807) is 12.1 Å². The predicted octanol–water partition coefficient (Wildman–Crippen LogP) is -3.14. The Kier molecular flexibility index (Phi) is 23.6. The van der Waals surface area contributed by atoms with Gasteiger partial charge in [0.1, 0.15) is 12.1 Å². The van der Waals surface area contributed by atoms with Gasteiger partial charge in [-0.25, -0.2) is 4.98 Å². The fourth-order valence-corrected chi connectivity index (χ4v) is 1.66. The van der Waals surface area contributed by atoms with Crippen molar-refractivity contribution >= 4 is 23.2 Å². The first-order chi connectivity index (χ1) is 10.6. The molecule has 0 amide bonds. The summed E-state index contributed by atoms with van der Waals surface area (Å²) >= 11 is 0. The quantitative estimate of drug-likeness (QED) is 0.426. The molecule has 1 aromatic carbocycles. The van der Waals surface area contributed by atoms with Crippen LogP contribution in [0.1, 0.15) is 6.92 Å². The van der Waals surface area contributed by atoms with Crippen molar-refractivity contribution in [3.63, 3.8) is 0 Å². The number of hydrogen-bond acceptors (Lipinski definition) is 6. The van der Waals surface area contributed by atoms with Crippen LogP contribution < -0.4 is 53.1 Å². The van der Waals surface area contributed by atoms with E-state index in [0.29, 0.717) is 17.1 Å². The van der Waals surface area contributed by atoms with Crippen LogP contribution in [0.3, 0.4) is 0 Å². The van der Waals surface area contributed by atoms with Crippen LogP contribution in [0, 0.1) is 35.6 Å². The number of nitrogens with one attached hydrogen (secondary N) is 2. The summed E-state index contributed by atoms with van der Waals surface area (Å²) in [6.07, 6.45) is 1.41. The Hall–Kier alpha value is -1.02. The molecule has 1 heterocycles. The van der Waals surface area contributed by atoms with Crippen molar-refractivity contribution in [2.45, 2.75) is 13.0 Å². The Labute approximate surface area is 182 Å². The molecule has 1 aromatic heterocycles. The minimum atomic E-state index is 0. The zero-order valence-electron chi connectivity index (χ0n) is 16.6. The van der Waals surface area contributed by atoms with Crippen molar-refractivity contribution in [3.05, 3.63) is 60.2 Å². The molecule has 0 saturated heterocycles. The predicted molar refractivity (Wildman–Crippen MR) is 101 cm³/mol. The summed E-state index contributed by atoms with van der Waals surface area (Å²) in [7, 11) is 0. The van der Waals surface area contributed by atoms with Crippen LogP contribution in [0.25, 0.3) is 10.9 Å². The van der Waals surface area contributed by atoms with Gasteiger partial charge >= 0.3 is 37.7 Å². The number of para-hydroxylation sites is 1. The van der Waals surface area contributed by atoms with E-state index in [9.17, 15) is 4.79 Å². The van der Waals surface area contributed by atoms with Crippen molar-refractivity contribution < 1.29 is 47.3 Å². The number of ether oxygens (including phenoxy) is 1. The molecule has 2 N–H and O–H groups in total. The average Bonchev–Trinajstić information content (AvgIpc) is 2.49. The Morgan fingerprint density at radius 1 is 1.19 bits per heavy atom. The minimum absolute atomic E-state index is 0. The molecular formula is C18H26Li2N4O2-4.